The molecule has 1 atom stereocenters. The fourth-order valence-corrected chi connectivity index (χ4v) is 3.91. The van der Waals surface area contributed by atoms with Gasteiger partial charge in [0.05, 0.1) is 0 Å². The summed E-state index contributed by atoms with van der Waals surface area (Å²) in [6.07, 6.45) is 4.05. The lowest BCUT2D eigenvalue weighted by Gasteiger charge is -2.27. The molecule has 1 aliphatic rings. The molecular weight excluding hydrogens is 252 g/mol. The van der Waals surface area contributed by atoms with Crippen molar-refractivity contribution in [3.05, 3.63) is 21.9 Å². The molecule has 1 heterocycles. The summed E-state index contributed by atoms with van der Waals surface area (Å²) in [5.74, 6) is 1.52. The van der Waals surface area contributed by atoms with Crippen LogP contribution in [0.5, 0.6) is 0 Å². The second-order valence-corrected chi connectivity index (χ2v) is 7.25. The largest absolute Gasteiger partial charge is 0.315 e. The number of nitrogens with one attached hydrogen (secondary N) is 1. The molecule has 19 heavy (non-hydrogen) atoms. The van der Waals surface area contributed by atoms with Gasteiger partial charge >= 0.3 is 0 Å². The summed E-state index contributed by atoms with van der Waals surface area (Å²) >= 11 is 1.95. The maximum atomic E-state index is 3.53. The maximum Gasteiger partial charge on any atom is 0.0104 e. The van der Waals surface area contributed by atoms with Crippen LogP contribution in [0.1, 0.15) is 43.0 Å². The van der Waals surface area contributed by atoms with Gasteiger partial charge in [-0.05, 0) is 61.7 Å². The number of likely N-dealkylation sites (N-methyl/N-ethyl adjacent to an activating group) is 1. The van der Waals surface area contributed by atoms with Crippen LogP contribution in [0, 0.1) is 5.92 Å². The molecule has 0 saturated heterocycles. The van der Waals surface area contributed by atoms with Gasteiger partial charge in [0.25, 0.3) is 0 Å². The zero-order valence-electron chi connectivity index (χ0n) is 12.6. The van der Waals surface area contributed by atoms with Gasteiger partial charge in [-0.15, -0.1) is 11.3 Å². The fourth-order valence-electron chi connectivity index (χ4n) is 2.90. The van der Waals surface area contributed by atoms with Crippen molar-refractivity contribution in [2.75, 3.05) is 33.2 Å². The van der Waals surface area contributed by atoms with Crippen LogP contribution >= 0.6 is 11.3 Å². The van der Waals surface area contributed by atoms with Crippen molar-refractivity contribution in [1.29, 1.82) is 0 Å². The lowest BCUT2D eigenvalue weighted by atomic mass is 9.87. The Morgan fingerprint density at radius 1 is 1.47 bits per heavy atom. The number of nitrogens with zero attached hydrogens (tertiary/aromatic N) is 1. The SMILES string of the molecule is CC(C)CNCCN(C)CC1CCCc2sccc21. The van der Waals surface area contributed by atoms with Gasteiger partial charge in [0.2, 0.25) is 0 Å². The summed E-state index contributed by atoms with van der Waals surface area (Å²) in [7, 11) is 2.26. The lowest BCUT2D eigenvalue weighted by Crippen LogP contribution is -2.34. The molecule has 0 amide bonds. The predicted molar refractivity (Wildman–Crippen MR) is 85.2 cm³/mol. The fraction of sp³-hybridized carbons (Fsp3) is 0.750. The van der Waals surface area contributed by atoms with Crippen LogP contribution < -0.4 is 5.32 Å². The van der Waals surface area contributed by atoms with Crippen LogP contribution in [-0.4, -0.2) is 38.1 Å². The van der Waals surface area contributed by atoms with E-state index in [4.69, 9.17) is 0 Å². The molecule has 1 N–H and O–H groups in total. The molecule has 2 nitrogen and oxygen atoms in total. The smallest absolute Gasteiger partial charge is 0.0104 e. The molecule has 108 valence electrons. The molecule has 1 unspecified atom stereocenters. The monoisotopic (exact) mass is 280 g/mol. The zero-order chi connectivity index (χ0) is 13.7. The van der Waals surface area contributed by atoms with Gasteiger partial charge in [0, 0.05) is 24.5 Å². The van der Waals surface area contributed by atoms with Crippen LogP contribution in [0.3, 0.4) is 0 Å². The van der Waals surface area contributed by atoms with Crippen molar-refractivity contribution < 1.29 is 0 Å². The minimum absolute atomic E-state index is 0.747. The highest BCUT2D eigenvalue weighted by atomic mass is 32.1. The van der Waals surface area contributed by atoms with E-state index < -0.39 is 0 Å². The minimum atomic E-state index is 0.747. The number of rotatable bonds is 7. The van der Waals surface area contributed by atoms with E-state index in [1.807, 2.05) is 11.3 Å². The molecule has 1 aromatic rings. The van der Waals surface area contributed by atoms with E-state index in [9.17, 15) is 0 Å². The van der Waals surface area contributed by atoms with E-state index in [0.29, 0.717) is 0 Å². The quantitative estimate of drug-likeness (QED) is 0.771. The van der Waals surface area contributed by atoms with Gasteiger partial charge in [-0.1, -0.05) is 13.8 Å². The highest BCUT2D eigenvalue weighted by molar-refractivity contribution is 7.10. The Kier molecular flexibility index (Phi) is 5.86. The Morgan fingerprint density at radius 3 is 3.11 bits per heavy atom. The summed E-state index contributed by atoms with van der Waals surface area (Å²) in [6.45, 7) is 9.13. The van der Waals surface area contributed by atoms with Crippen molar-refractivity contribution in [2.24, 2.45) is 5.92 Å². The van der Waals surface area contributed by atoms with Gasteiger partial charge in [0.15, 0.2) is 0 Å². The first-order valence-electron chi connectivity index (χ1n) is 7.62. The van der Waals surface area contributed by atoms with Gasteiger partial charge in [-0.25, -0.2) is 0 Å². The average Bonchev–Trinajstić information content (AvgIpc) is 2.84. The zero-order valence-corrected chi connectivity index (χ0v) is 13.4. The Morgan fingerprint density at radius 2 is 2.32 bits per heavy atom. The van der Waals surface area contributed by atoms with Crippen LogP contribution in [0.2, 0.25) is 0 Å². The van der Waals surface area contributed by atoms with Gasteiger partial charge in [-0.3, -0.25) is 0 Å². The van der Waals surface area contributed by atoms with Crippen molar-refractivity contribution in [2.45, 2.75) is 39.0 Å². The Labute approximate surface area is 122 Å². The van der Waals surface area contributed by atoms with E-state index >= 15 is 0 Å². The third kappa shape index (κ3) is 4.59. The Bertz CT molecular complexity index is 373. The number of aryl methyl sites for hydroxylation is 1. The molecule has 2 rings (SSSR count). The highest BCUT2D eigenvalue weighted by Gasteiger charge is 2.22. The standard InChI is InChI=1S/C16H28N2S/c1-13(2)11-17-8-9-18(3)12-14-5-4-6-16-15(14)7-10-19-16/h7,10,13-14,17H,4-6,8-9,11-12H2,1-3H3. The molecule has 0 aromatic carbocycles. The van der Waals surface area contributed by atoms with Crippen LogP contribution in [0.4, 0.5) is 0 Å². The molecule has 0 spiro atoms. The summed E-state index contributed by atoms with van der Waals surface area (Å²) < 4.78 is 0. The van der Waals surface area contributed by atoms with E-state index in [1.165, 1.54) is 25.8 Å². The topological polar surface area (TPSA) is 15.3 Å². The second kappa shape index (κ2) is 7.41. The van der Waals surface area contributed by atoms with Gasteiger partial charge < -0.3 is 10.2 Å². The van der Waals surface area contributed by atoms with E-state index in [1.54, 1.807) is 10.4 Å². The summed E-state index contributed by atoms with van der Waals surface area (Å²) in [6, 6.07) is 2.36. The molecule has 1 aromatic heterocycles. The molecule has 0 aliphatic heterocycles. The van der Waals surface area contributed by atoms with Crippen LogP contribution in [0.15, 0.2) is 11.4 Å². The number of thiophene rings is 1. The number of hydrogen-bond donors (Lipinski definition) is 1. The first-order valence-corrected chi connectivity index (χ1v) is 8.50. The molecule has 0 radical (unpaired) electrons. The van der Waals surface area contributed by atoms with E-state index in [-0.39, 0.29) is 0 Å². The molecule has 0 fully saturated rings. The lowest BCUT2D eigenvalue weighted by molar-refractivity contribution is 0.295. The summed E-state index contributed by atoms with van der Waals surface area (Å²) in [5, 5.41) is 5.80. The summed E-state index contributed by atoms with van der Waals surface area (Å²) in [4.78, 5) is 4.13. The highest BCUT2D eigenvalue weighted by Crippen LogP contribution is 2.35. The maximum absolute atomic E-state index is 3.53. The van der Waals surface area contributed by atoms with Crippen molar-refractivity contribution >= 4 is 11.3 Å². The summed E-state index contributed by atoms with van der Waals surface area (Å²) in [5.41, 5.74) is 1.64. The van der Waals surface area contributed by atoms with Crippen molar-refractivity contribution in [3.63, 3.8) is 0 Å². The van der Waals surface area contributed by atoms with Gasteiger partial charge in [-0.2, -0.15) is 0 Å². The molecule has 0 saturated carbocycles. The van der Waals surface area contributed by atoms with E-state index in [2.05, 4.69) is 42.6 Å². The average molecular weight is 280 g/mol. The Balaban J connectivity index is 1.73. The molecular formula is C16H28N2S. The molecule has 1 aliphatic carbocycles. The normalized spacial score (nSPS) is 19.1. The van der Waals surface area contributed by atoms with Crippen molar-refractivity contribution in [3.8, 4) is 0 Å². The minimum Gasteiger partial charge on any atom is -0.315 e. The van der Waals surface area contributed by atoms with Crippen molar-refractivity contribution in [1.82, 2.24) is 10.2 Å². The number of fused-ring (bicyclic) bond motifs is 1. The predicted octanol–water partition coefficient (Wildman–Crippen LogP) is 3.35. The first-order chi connectivity index (χ1) is 9.16. The molecule has 0 bridgehead atoms. The van der Waals surface area contributed by atoms with Gasteiger partial charge in [0.1, 0.15) is 0 Å². The third-order valence-electron chi connectivity index (χ3n) is 3.93. The molecule has 3 heteroatoms. The van der Waals surface area contributed by atoms with E-state index in [0.717, 1.165) is 31.5 Å². The van der Waals surface area contributed by atoms with Crippen LogP contribution in [0.25, 0.3) is 0 Å². The Hall–Kier alpha value is -0.380. The first kappa shape index (κ1) is 15.0. The van der Waals surface area contributed by atoms with Crippen LogP contribution in [-0.2, 0) is 6.42 Å². The number of hydrogen-bond acceptors (Lipinski definition) is 3. The second-order valence-electron chi connectivity index (χ2n) is 6.25. The third-order valence-corrected chi connectivity index (χ3v) is 4.93.